The second kappa shape index (κ2) is 17.0. The third-order valence-electron chi connectivity index (χ3n) is 17.5. The molecule has 2 aliphatic heterocycles. The van der Waals surface area contributed by atoms with Crippen molar-refractivity contribution in [1.29, 1.82) is 0 Å². The SMILES string of the molecule is CC(C)(C)c1ccc(N2C3=C(B4c5c(cc(C(C)(C)C)cc52)-c2ccc(N(c5ccccc5)c5ccc(C(C)(C)C)cc5-c5ccccc5)c5c6cc(C(C)(C)C)ccc6n4c25)C(C)(C)c2ccc(C(C)(C)C)cc23)cc1. The standard InChI is InChI=1S/C73H78BN3/c1-68(2,3)46-28-33-52(34-29-46)76-62-44-50(72(13,14)15)43-55-53-35-39-61(75(51-26-22-19-23-27-51)59-37-31-48(70(7,8)9)40-54(59)45-24-20-18-21-25-45)63-57-42-49(71(10,11)12)32-38-60(57)77(65(53)63)74(64(55)62)67-66(76)56-41-47(69(4,5)6)30-36-58(56)73(67,16)17/h18-44H,1-17H3. The molecular weight excluding hydrogens is 930 g/mol. The maximum absolute atomic E-state index is 2.82. The van der Waals surface area contributed by atoms with E-state index in [-0.39, 0.29) is 39.3 Å². The van der Waals surface area contributed by atoms with Gasteiger partial charge in [0.1, 0.15) is 0 Å². The van der Waals surface area contributed by atoms with Crippen molar-refractivity contribution < 1.29 is 0 Å². The number of fused-ring (bicyclic) bond motifs is 8. The fourth-order valence-electron chi connectivity index (χ4n) is 13.1. The minimum absolute atomic E-state index is 0.0240. The molecule has 0 atom stereocenters. The molecule has 0 saturated heterocycles. The van der Waals surface area contributed by atoms with E-state index in [0.717, 1.165) is 11.4 Å². The first kappa shape index (κ1) is 50.8. The number of anilines is 5. The summed E-state index contributed by atoms with van der Waals surface area (Å²) in [6.07, 6.45) is 0. The van der Waals surface area contributed by atoms with Gasteiger partial charge >= 0.3 is 6.85 Å². The topological polar surface area (TPSA) is 11.4 Å². The van der Waals surface area contributed by atoms with Gasteiger partial charge in [0.05, 0.1) is 11.4 Å². The molecule has 0 saturated carbocycles. The quantitative estimate of drug-likeness (QED) is 0.159. The molecule has 4 heteroatoms. The van der Waals surface area contributed by atoms with Crippen molar-refractivity contribution in [2.75, 3.05) is 9.80 Å². The van der Waals surface area contributed by atoms with Crippen molar-refractivity contribution in [3.8, 4) is 22.3 Å². The van der Waals surface area contributed by atoms with Gasteiger partial charge in [-0.05, 0) is 149 Å². The number of hydrogen-bond acceptors (Lipinski definition) is 2. The van der Waals surface area contributed by atoms with Gasteiger partial charge in [0.25, 0.3) is 0 Å². The van der Waals surface area contributed by atoms with Crippen LogP contribution in [0.2, 0.25) is 0 Å². The van der Waals surface area contributed by atoms with Crippen LogP contribution in [0.3, 0.4) is 0 Å². The average molecular weight is 1010 g/mol. The lowest BCUT2D eigenvalue weighted by molar-refractivity contribution is 0.588. The highest BCUT2D eigenvalue weighted by atomic mass is 15.2. The number of benzene rings is 8. The molecule has 388 valence electrons. The molecule has 8 aromatic carbocycles. The molecule has 0 N–H and O–H groups in total. The Bertz CT molecular complexity index is 3890. The van der Waals surface area contributed by atoms with Gasteiger partial charge < -0.3 is 14.3 Å². The summed E-state index contributed by atoms with van der Waals surface area (Å²) >= 11 is 0. The Hall–Kier alpha value is -7.04. The molecule has 0 bridgehead atoms. The van der Waals surface area contributed by atoms with Gasteiger partial charge in [-0.3, -0.25) is 0 Å². The van der Waals surface area contributed by atoms with Crippen LogP contribution in [0.1, 0.15) is 157 Å². The fraction of sp³-hybridized carbons (Fsp3) is 0.315. The molecule has 9 aromatic rings. The predicted octanol–water partition coefficient (Wildman–Crippen LogP) is 19.5. The van der Waals surface area contributed by atoms with Gasteiger partial charge in [-0.25, -0.2) is 0 Å². The zero-order valence-electron chi connectivity index (χ0n) is 49.0. The Balaban J connectivity index is 1.26. The summed E-state index contributed by atoms with van der Waals surface area (Å²) in [6, 6.07) is 63.9. The fourth-order valence-corrected chi connectivity index (χ4v) is 13.1. The Labute approximate surface area is 460 Å². The lowest BCUT2D eigenvalue weighted by Crippen LogP contribution is -2.52. The van der Waals surface area contributed by atoms with Crippen molar-refractivity contribution in [2.24, 2.45) is 0 Å². The second-order valence-corrected chi connectivity index (χ2v) is 28.4. The second-order valence-electron chi connectivity index (χ2n) is 28.4. The summed E-state index contributed by atoms with van der Waals surface area (Å²) in [5.41, 5.74) is 26.5. The van der Waals surface area contributed by atoms with Gasteiger partial charge in [-0.15, -0.1) is 0 Å². The predicted molar refractivity (Wildman–Crippen MR) is 334 cm³/mol. The Morgan fingerprint density at radius 1 is 0.442 bits per heavy atom. The van der Waals surface area contributed by atoms with E-state index < -0.39 is 0 Å². The van der Waals surface area contributed by atoms with E-state index in [1.807, 2.05) is 0 Å². The highest BCUT2D eigenvalue weighted by Crippen LogP contribution is 2.59. The smallest absolute Gasteiger partial charge is 0.329 e. The third kappa shape index (κ3) is 7.97. The summed E-state index contributed by atoms with van der Waals surface area (Å²) in [4.78, 5) is 5.27. The largest absolute Gasteiger partial charge is 0.375 e. The van der Waals surface area contributed by atoms with Crippen LogP contribution in [0.15, 0.2) is 169 Å². The van der Waals surface area contributed by atoms with Gasteiger partial charge in [0.15, 0.2) is 0 Å². The highest BCUT2D eigenvalue weighted by molar-refractivity contribution is 6.85. The molecule has 1 aromatic heterocycles. The van der Waals surface area contributed by atoms with Gasteiger partial charge in [0, 0.05) is 66.7 Å². The number of rotatable bonds is 5. The molecule has 3 aliphatic rings. The van der Waals surface area contributed by atoms with Crippen LogP contribution in [-0.2, 0) is 32.5 Å². The van der Waals surface area contributed by atoms with Gasteiger partial charge in [-0.2, -0.15) is 0 Å². The zero-order chi connectivity index (χ0) is 54.7. The first-order chi connectivity index (χ1) is 36.1. The van der Waals surface area contributed by atoms with Crippen LogP contribution in [0.4, 0.5) is 28.4 Å². The molecule has 0 fully saturated rings. The molecule has 0 unspecified atom stereocenters. The van der Waals surface area contributed by atoms with E-state index in [0.29, 0.717) is 0 Å². The van der Waals surface area contributed by atoms with E-state index in [1.54, 1.807) is 0 Å². The summed E-state index contributed by atoms with van der Waals surface area (Å²) in [7, 11) is 0. The van der Waals surface area contributed by atoms with Crippen LogP contribution in [-0.4, -0.2) is 11.3 Å². The molecule has 0 spiro atoms. The van der Waals surface area contributed by atoms with Crippen LogP contribution in [0, 0.1) is 0 Å². The van der Waals surface area contributed by atoms with E-state index in [2.05, 4.69) is 296 Å². The molecule has 0 amide bonds. The number of allylic oxidation sites excluding steroid dienone is 1. The number of aromatic nitrogens is 1. The molecule has 3 heterocycles. The van der Waals surface area contributed by atoms with E-state index in [4.69, 9.17) is 0 Å². The summed E-state index contributed by atoms with van der Waals surface area (Å²) in [5.74, 6) is 0. The third-order valence-corrected chi connectivity index (χ3v) is 17.5. The molecule has 0 radical (unpaired) electrons. The minimum Gasteiger partial charge on any atom is -0.375 e. The van der Waals surface area contributed by atoms with Crippen LogP contribution in [0.25, 0.3) is 49.8 Å². The van der Waals surface area contributed by atoms with Crippen molar-refractivity contribution in [1.82, 2.24) is 4.48 Å². The Morgan fingerprint density at radius 3 is 1.57 bits per heavy atom. The first-order valence-electron chi connectivity index (χ1n) is 28.3. The van der Waals surface area contributed by atoms with Crippen LogP contribution in [0.5, 0.6) is 0 Å². The van der Waals surface area contributed by atoms with Gasteiger partial charge in [0.2, 0.25) is 0 Å². The Kier molecular flexibility index (Phi) is 11.2. The highest BCUT2D eigenvalue weighted by Gasteiger charge is 2.54. The maximum Gasteiger partial charge on any atom is 0.329 e. The van der Waals surface area contributed by atoms with Crippen LogP contribution >= 0.6 is 0 Å². The molecule has 77 heavy (non-hydrogen) atoms. The number of nitrogens with zero attached hydrogens (tertiary/aromatic N) is 3. The summed E-state index contributed by atoms with van der Waals surface area (Å²) in [5, 5.41) is 2.57. The summed E-state index contributed by atoms with van der Waals surface area (Å²) in [6.45, 7) is 40.2. The van der Waals surface area contributed by atoms with E-state index >= 15 is 0 Å². The lowest BCUT2D eigenvalue weighted by Gasteiger charge is -2.44. The molecular formula is C73H78BN3. The van der Waals surface area contributed by atoms with E-state index in [1.165, 1.54) is 117 Å². The molecule has 3 nitrogen and oxygen atoms in total. The first-order valence-corrected chi connectivity index (χ1v) is 28.3. The monoisotopic (exact) mass is 1010 g/mol. The van der Waals surface area contributed by atoms with Crippen molar-refractivity contribution in [3.05, 3.63) is 208 Å². The Morgan fingerprint density at radius 2 is 0.961 bits per heavy atom. The zero-order valence-corrected chi connectivity index (χ0v) is 49.0. The lowest BCUT2D eigenvalue weighted by atomic mass is 9.40. The van der Waals surface area contributed by atoms with E-state index in [9.17, 15) is 0 Å². The minimum atomic E-state index is -0.328. The normalized spacial score (nSPS) is 15.1. The average Bonchev–Trinajstić information content (AvgIpc) is 3.84. The summed E-state index contributed by atoms with van der Waals surface area (Å²) < 4.78 is 2.82. The van der Waals surface area contributed by atoms with Crippen molar-refractivity contribution >= 4 is 68.3 Å². The maximum atomic E-state index is 2.82. The molecule has 12 rings (SSSR count). The van der Waals surface area contributed by atoms with Gasteiger partial charge in [-0.1, -0.05) is 215 Å². The number of para-hydroxylation sites is 1. The number of hydrogen-bond donors (Lipinski definition) is 0. The van der Waals surface area contributed by atoms with Crippen molar-refractivity contribution in [3.63, 3.8) is 0 Å². The molecule has 1 aliphatic carbocycles. The van der Waals surface area contributed by atoms with Crippen LogP contribution < -0.4 is 15.3 Å². The van der Waals surface area contributed by atoms with Crippen molar-refractivity contribution in [2.45, 2.75) is 150 Å².